The third-order valence-corrected chi connectivity index (χ3v) is 2.90. The summed E-state index contributed by atoms with van der Waals surface area (Å²) in [5.41, 5.74) is 0. The van der Waals surface area contributed by atoms with Gasteiger partial charge < -0.3 is 10.4 Å². The SMILES string of the molecule is CN(CCCCCO)CC(=O)NCC1CC1. The first-order chi connectivity index (χ1) is 7.72. The van der Waals surface area contributed by atoms with E-state index in [1.54, 1.807) is 0 Å². The maximum absolute atomic E-state index is 11.5. The molecule has 0 atom stereocenters. The molecule has 0 unspecified atom stereocenters. The van der Waals surface area contributed by atoms with Crippen LogP contribution in [0.1, 0.15) is 32.1 Å². The molecular weight excluding hydrogens is 204 g/mol. The van der Waals surface area contributed by atoms with Gasteiger partial charge in [0.1, 0.15) is 0 Å². The lowest BCUT2D eigenvalue weighted by molar-refractivity contribution is -0.122. The van der Waals surface area contributed by atoms with E-state index in [4.69, 9.17) is 5.11 Å². The highest BCUT2D eigenvalue weighted by atomic mass is 16.2. The number of nitrogens with one attached hydrogen (secondary N) is 1. The number of aliphatic hydroxyl groups excluding tert-OH is 1. The number of hydrogen-bond acceptors (Lipinski definition) is 3. The van der Waals surface area contributed by atoms with Gasteiger partial charge >= 0.3 is 0 Å². The fraction of sp³-hybridized carbons (Fsp3) is 0.917. The summed E-state index contributed by atoms with van der Waals surface area (Å²) in [5, 5.41) is 11.6. The van der Waals surface area contributed by atoms with E-state index in [9.17, 15) is 4.79 Å². The highest BCUT2D eigenvalue weighted by molar-refractivity contribution is 5.77. The molecule has 1 fully saturated rings. The van der Waals surface area contributed by atoms with Gasteiger partial charge in [0.2, 0.25) is 5.91 Å². The van der Waals surface area contributed by atoms with Gasteiger partial charge in [0.25, 0.3) is 0 Å². The topological polar surface area (TPSA) is 52.6 Å². The molecule has 0 saturated heterocycles. The number of aliphatic hydroxyl groups is 1. The van der Waals surface area contributed by atoms with E-state index in [0.29, 0.717) is 6.54 Å². The molecule has 94 valence electrons. The summed E-state index contributed by atoms with van der Waals surface area (Å²) in [7, 11) is 1.97. The van der Waals surface area contributed by atoms with E-state index < -0.39 is 0 Å². The Balaban J connectivity index is 1.94. The smallest absolute Gasteiger partial charge is 0.234 e. The van der Waals surface area contributed by atoms with Crippen LogP contribution < -0.4 is 5.32 Å². The molecule has 0 bridgehead atoms. The Hall–Kier alpha value is -0.610. The van der Waals surface area contributed by atoms with Crippen LogP contribution in [0.3, 0.4) is 0 Å². The Morgan fingerprint density at radius 3 is 2.75 bits per heavy atom. The first kappa shape index (κ1) is 13.5. The summed E-state index contributed by atoms with van der Waals surface area (Å²) in [5.74, 6) is 0.885. The van der Waals surface area contributed by atoms with E-state index in [1.165, 1.54) is 12.8 Å². The summed E-state index contributed by atoms with van der Waals surface area (Å²) >= 11 is 0. The van der Waals surface area contributed by atoms with E-state index in [2.05, 4.69) is 5.32 Å². The summed E-state index contributed by atoms with van der Waals surface area (Å²) in [4.78, 5) is 13.5. The van der Waals surface area contributed by atoms with Gasteiger partial charge in [0.05, 0.1) is 6.54 Å². The van der Waals surface area contributed by atoms with Crippen LogP contribution in [0.5, 0.6) is 0 Å². The van der Waals surface area contributed by atoms with Gasteiger partial charge in [-0.15, -0.1) is 0 Å². The maximum atomic E-state index is 11.5. The van der Waals surface area contributed by atoms with E-state index in [-0.39, 0.29) is 12.5 Å². The van der Waals surface area contributed by atoms with Gasteiger partial charge in [-0.2, -0.15) is 0 Å². The first-order valence-corrected chi connectivity index (χ1v) is 6.28. The first-order valence-electron chi connectivity index (χ1n) is 6.28. The Labute approximate surface area is 98.0 Å². The van der Waals surface area contributed by atoms with Crippen LogP contribution in [0.15, 0.2) is 0 Å². The van der Waals surface area contributed by atoms with Gasteiger partial charge in [-0.05, 0) is 51.6 Å². The molecule has 16 heavy (non-hydrogen) atoms. The van der Waals surface area contributed by atoms with Gasteiger partial charge in [-0.25, -0.2) is 0 Å². The molecule has 1 amide bonds. The molecule has 1 rings (SSSR count). The number of amides is 1. The fourth-order valence-electron chi connectivity index (χ4n) is 1.63. The number of nitrogens with zero attached hydrogens (tertiary/aromatic N) is 1. The Kier molecular flexibility index (Phi) is 6.42. The second-order valence-electron chi connectivity index (χ2n) is 4.77. The molecule has 0 aliphatic heterocycles. The van der Waals surface area contributed by atoms with Crippen LogP contribution in [0.4, 0.5) is 0 Å². The number of rotatable bonds is 9. The molecule has 4 nitrogen and oxygen atoms in total. The predicted molar refractivity (Wildman–Crippen MR) is 64.2 cm³/mol. The van der Waals surface area contributed by atoms with Crippen LogP contribution in [-0.4, -0.2) is 49.2 Å². The third kappa shape index (κ3) is 6.80. The summed E-state index contributed by atoms with van der Waals surface area (Å²) in [6, 6.07) is 0. The van der Waals surface area contributed by atoms with Crippen LogP contribution in [0, 0.1) is 5.92 Å². The highest BCUT2D eigenvalue weighted by Gasteiger charge is 2.21. The predicted octanol–water partition coefficient (Wildman–Crippen LogP) is 0.607. The molecule has 2 N–H and O–H groups in total. The largest absolute Gasteiger partial charge is 0.396 e. The molecule has 1 aliphatic rings. The van der Waals surface area contributed by atoms with Crippen molar-refractivity contribution < 1.29 is 9.90 Å². The van der Waals surface area contributed by atoms with Crippen molar-refractivity contribution in [1.29, 1.82) is 0 Å². The Morgan fingerprint density at radius 1 is 1.38 bits per heavy atom. The van der Waals surface area contributed by atoms with Crippen molar-refractivity contribution in [3.8, 4) is 0 Å². The third-order valence-electron chi connectivity index (χ3n) is 2.90. The molecule has 0 heterocycles. The van der Waals surface area contributed by atoms with Crippen molar-refractivity contribution >= 4 is 5.91 Å². The minimum atomic E-state index is 0.136. The highest BCUT2D eigenvalue weighted by Crippen LogP contribution is 2.27. The molecule has 0 aromatic rings. The number of carbonyl (C=O) groups is 1. The number of carbonyl (C=O) groups excluding carboxylic acids is 1. The molecule has 1 aliphatic carbocycles. The molecule has 4 heteroatoms. The van der Waals surface area contributed by atoms with Gasteiger partial charge in [0, 0.05) is 13.2 Å². The second-order valence-corrected chi connectivity index (χ2v) is 4.77. The zero-order valence-corrected chi connectivity index (χ0v) is 10.2. The lowest BCUT2D eigenvalue weighted by atomic mass is 10.2. The molecule has 0 aromatic heterocycles. The zero-order chi connectivity index (χ0) is 11.8. The average molecular weight is 228 g/mol. The number of unbranched alkanes of at least 4 members (excludes halogenated alkanes) is 2. The summed E-state index contributed by atoms with van der Waals surface area (Å²) in [6.07, 6.45) is 5.49. The molecular formula is C12H24N2O2. The van der Waals surface area contributed by atoms with Crippen LogP contribution in [-0.2, 0) is 4.79 Å². The molecule has 0 radical (unpaired) electrons. The summed E-state index contributed by atoms with van der Waals surface area (Å²) < 4.78 is 0. The monoisotopic (exact) mass is 228 g/mol. The van der Waals surface area contributed by atoms with Gasteiger partial charge in [-0.1, -0.05) is 0 Å². The molecule has 0 aromatic carbocycles. The normalized spacial score (nSPS) is 15.4. The van der Waals surface area contributed by atoms with Gasteiger partial charge in [-0.3, -0.25) is 9.69 Å². The second kappa shape index (κ2) is 7.63. The minimum Gasteiger partial charge on any atom is -0.396 e. The van der Waals surface area contributed by atoms with Crippen molar-refractivity contribution in [1.82, 2.24) is 10.2 Å². The van der Waals surface area contributed by atoms with Crippen molar-refractivity contribution in [3.63, 3.8) is 0 Å². The van der Waals surface area contributed by atoms with Crippen LogP contribution in [0.2, 0.25) is 0 Å². The zero-order valence-electron chi connectivity index (χ0n) is 10.2. The van der Waals surface area contributed by atoms with Crippen molar-refractivity contribution in [2.24, 2.45) is 5.92 Å². The van der Waals surface area contributed by atoms with Crippen LogP contribution in [0.25, 0.3) is 0 Å². The van der Waals surface area contributed by atoms with E-state index in [0.717, 1.165) is 38.3 Å². The fourth-order valence-corrected chi connectivity index (χ4v) is 1.63. The lowest BCUT2D eigenvalue weighted by Crippen LogP contribution is -2.36. The van der Waals surface area contributed by atoms with Crippen molar-refractivity contribution in [2.45, 2.75) is 32.1 Å². The van der Waals surface area contributed by atoms with Crippen molar-refractivity contribution in [2.75, 3.05) is 33.3 Å². The quantitative estimate of drug-likeness (QED) is 0.568. The van der Waals surface area contributed by atoms with Gasteiger partial charge in [0.15, 0.2) is 0 Å². The Morgan fingerprint density at radius 2 is 2.12 bits per heavy atom. The maximum Gasteiger partial charge on any atom is 0.234 e. The van der Waals surface area contributed by atoms with E-state index >= 15 is 0 Å². The van der Waals surface area contributed by atoms with Crippen LogP contribution >= 0.6 is 0 Å². The Bertz CT molecular complexity index is 205. The molecule has 1 saturated carbocycles. The van der Waals surface area contributed by atoms with Crippen molar-refractivity contribution in [3.05, 3.63) is 0 Å². The average Bonchev–Trinajstić information content (AvgIpc) is 3.05. The van der Waals surface area contributed by atoms with E-state index in [1.807, 2.05) is 11.9 Å². The number of likely N-dealkylation sites (N-methyl/N-ethyl adjacent to an activating group) is 1. The lowest BCUT2D eigenvalue weighted by Gasteiger charge is -2.15. The summed E-state index contributed by atoms with van der Waals surface area (Å²) in [6.45, 7) is 2.55. The standard InChI is InChI=1S/C12H24N2O2/c1-14(7-3-2-4-8-15)10-12(16)13-9-11-5-6-11/h11,15H,2-10H2,1H3,(H,13,16). The minimum absolute atomic E-state index is 0.136. The number of hydrogen-bond donors (Lipinski definition) is 2. The molecule has 0 spiro atoms.